The van der Waals surface area contributed by atoms with E-state index in [0.717, 1.165) is 0 Å². The standard InChI is InChI=1S/C11H17N7O4/c1-11(21)6(20)4(2-19)22-9(11)18-3-14-5-7(12)15-10(17-13)16-8(5)18/h3-4,6,9,19-21H,2,13H2,1H3,(H3,12,15,16,17)/t4-,6-,9-,11-/m1/s1. The van der Waals surface area contributed by atoms with Crippen molar-refractivity contribution in [1.29, 1.82) is 0 Å². The first-order chi connectivity index (χ1) is 10.4. The number of hydrogen-bond acceptors (Lipinski definition) is 10. The Hall–Kier alpha value is -2.05. The van der Waals surface area contributed by atoms with Crippen LogP contribution in [0.1, 0.15) is 13.2 Å². The summed E-state index contributed by atoms with van der Waals surface area (Å²) in [5.74, 6) is 5.47. The molecule has 2 aromatic heterocycles. The molecule has 1 aliphatic heterocycles. The van der Waals surface area contributed by atoms with E-state index in [2.05, 4.69) is 20.4 Å². The summed E-state index contributed by atoms with van der Waals surface area (Å²) in [6, 6.07) is 0. The number of fused-ring (bicyclic) bond motifs is 1. The Morgan fingerprint density at radius 3 is 2.82 bits per heavy atom. The van der Waals surface area contributed by atoms with Crippen molar-refractivity contribution in [2.24, 2.45) is 5.84 Å². The van der Waals surface area contributed by atoms with Crippen molar-refractivity contribution in [3.05, 3.63) is 6.33 Å². The van der Waals surface area contributed by atoms with Gasteiger partial charge in [0, 0.05) is 0 Å². The normalized spacial score (nSPS) is 31.8. The van der Waals surface area contributed by atoms with E-state index in [1.54, 1.807) is 0 Å². The quantitative estimate of drug-likeness (QED) is 0.266. The van der Waals surface area contributed by atoms with E-state index in [9.17, 15) is 15.3 Å². The van der Waals surface area contributed by atoms with Crippen molar-refractivity contribution < 1.29 is 20.1 Å². The van der Waals surface area contributed by atoms with E-state index in [0.29, 0.717) is 5.52 Å². The number of aromatic nitrogens is 4. The Balaban J connectivity index is 2.12. The van der Waals surface area contributed by atoms with Crippen molar-refractivity contribution in [3.8, 4) is 0 Å². The molecule has 0 aromatic carbocycles. The number of ether oxygens (including phenoxy) is 1. The Kier molecular flexibility index (Phi) is 3.38. The highest BCUT2D eigenvalue weighted by Crippen LogP contribution is 2.39. The van der Waals surface area contributed by atoms with E-state index in [1.165, 1.54) is 17.8 Å². The summed E-state index contributed by atoms with van der Waals surface area (Å²) < 4.78 is 6.93. The number of nitrogens with zero attached hydrogens (tertiary/aromatic N) is 4. The van der Waals surface area contributed by atoms with Crippen LogP contribution in [0.25, 0.3) is 11.2 Å². The molecule has 2 aromatic rings. The van der Waals surface area contributed by atoms with Crippen LogP contribution >= 0.6 is 0 Å². The Morgan fingerprint density at radius 1 is 1.50 bits per heavy atom. The van der Waals surface area contributed by atoms with Crippen LogP contribution in [-0.4, -0.2) is 59.3 Å². The van der Waals surface area contributed by atoms with Crippen molar-refractivity contribution in [3.63, 3.8) is 0 Å². The van der Waals surface area contributed by atoms with Gasteiger partial charge in [-0.3, -0.25) is 9.99 Å². The molecule has 120 valence electrons. The first kappa shape index (κ1) is 14.9. The highest BCUT2D eigenvalue weighted by Gasteiger charge is 2.53. The second kappa shape index (κ2) is 5.00. The summed E-state index contributed by atoms with van der Waals surface area (Å²) >= 11 is 0. The number of imidazole rings is 1. The molecule has 0 unspecified atom stereocenters. The second-order valence-corrected chi connectivity index (χ2v) is 5.28. The molecule has 0 radical (unpaired) electrons. The predicted octanol–water partition coefficient (Wildman–Crippen LogP) is -2.30. The highest BCUT2D eigenvalue weighted by molar-refractivity contribution is 5.82. The summed E-state index contributed by atoms with van der Waals surface area (Å²) in [5, 5.41) is 29.8. The third-order valence-electron chi connectivity index (χ3n) is 3.76. The molecule has 0 amide bonds. The van der Waals surface area contributed by atoms with E-state index in [1.807, 2.05) is 0 Å². The smallest absolute Gasteiger partial charge is 0.241 e. The summed E-state index contributed by atoms with van der Waals surface area (Å²) in [6.45, 7) is 0.962. The van der Waals surface area contributed by atoms with Crippen molar-refractivity contribution in [2.75, 3.05) is 17.8 Å². The zero-order chi connectivity index (χ0) is 16.1. The van der Waals surface area contributed by atoms with E-state index >= 15 is 0 Å². The van der Waals surface area contributed by atoms with Gasteiger partial charge >= 0.3 is 0 Å². The molecule has 11 nitrogen and oxygen atoms in total. The Morgan fingerprint density at radius 2 is 2.23 bits per heavy atom. The van der Waals surface area contributed by atoms with Gasteiger partial charge < -0.3 is 25.8 Å². The molecule has 4 atom stereocenters. The number of aliphatic hydroxyl groups is 3. The van der Waals surface area contributed by atoms with Crippen LogP contribution in [0.3, 0.4) is 0 Å². The van der Waals surface area contributed by atoms with Crippen LogP contribution in [-0.2, 0) is 4.74 Å². The third-order valence-corrected chi connectivity index (χ3v) is 3.76. The van der Waals surface area contributed by atoms with Gasteiger partial charge in [-0.25, -0.2) is 10.8 Å². The first-order valence-electron chi connectivity index (χ1n) is 6.53. The highest BCUT2D eigenvalue weighted by atomic mass is 16.6. The molecule has 1 aliphatic rings. The number of hydrazine groups is 1. The maximum Gasteiger partial charge on any atom is 0.241 e. The largest absolute Gasteiger partial charge is 0.394 e. The number of nitrogen functional groups attached to an aromatic ring is 2. The molecule has 8 N–H and O–H groups in total. The fourth-order valence-electron chi connectivity index (χ4n) is 2.56. The van der Waals surface area contributed by atoms with Crippen molar-refractivity contribution in [1.82, 2.24) is 19.5 Å². The van der Waals surface area contributed by atoms with E-state index < -0.39 is 30.6 Å². The monoisotopic (exact) mass is 311 g/mol. The van der Waals surface area contributed by atoms with Gasteiger partial charge in [-0.2, -0.15) is 9.97 Å². The van der Waals surface area contributed by atoms with Gasteiger partial charge in [-0.05, 0) is 6.92 Å². The first-order valence-corrected chi connectivity index (χ1v) is 6.53. The van der Waals surface area contributed by atoms with Gasteiger partial charge in [0.25, 0.3) is 0 Å². The zero-order valence-corrected chi connectivity index (χ0v) is 11.7. The molecule has 0 spiro atoms. The molecule has 1 saturated heterocycles. The topological polar surface area (TPSA) is 178 Å². The van der Waals surface area contributed by atoms with Crippen molar-refractivity contribution >= 4 is 22.9 Å². The Labute approximate surface area is 124 Å². The lowest BCUT2D eigenvalue weighted by atomic mass is 9.96. The van der Waals surface area contributed by atoms with E-state index in [-0.39, 0.29) is 17.4 Å². The van der Waals surface area contributed by atoms with Gasteiger partial charge in [0.05, 0.1) is 12.9 Å². The minimum atomic E-state index is -1.66. The summed E-state index contributed by atoms with van der Waals surface area (Å²) in [5.41, 5.74) is 6.98. The second-order valence-electron chi connectivity index (χ2n) is 5.28. The van der Waals surface area contributed by atoms with Crippen LogP contribution in [0.4, 0.5) is 11.8 Å². The minimum Gasteiger partial charge on any atom is -0.394 e. The van der Waals surface area contributed by atoms with Crippen LogP contribution in [0.2, 0.25) is 0 Å². The lowest BCUT2D eigenvalue weighted by Gasteiger charge is -2.27. The molecule has 0 aliphatic carbocycles. The van der Waals surface area contributed by atoms with Gasteiger partial charge in [0.2, 0.25) is 5.95 Å². The number of aliphatic hydroxyl groups excluding tert-OH is 2. The van der Waals surface area contributed by atoms with Crippen molar-refractivity contribution in [2.45, 2.75) is 31.0 Å². The maximum atomic E-state index is 10.5. The maximum absolute atomic E-state index is 10.5. The van der Waals surface area contributed by atoms with E-state index in [4.69, 9.17) is 16.3 Å². The van der Waals surface area contributed by atoms with Crippen LogP contribution in [0, 0.1) is 0 Å². The average Bonchev–Trinajstić information content (AvgIpc) is 3.00. The number of rotatable bonds is 3. The summed E-state index contributed by atoms with van der Waals surface area (Å²) in [7, 11) is 0. The molecule has 11 heteroatoms. The SMILES string of the molecule is C[C@@]1(O)[C@H](O)[C@@H](CO)O[C@H]1n1cnc2c(N)nc(NN)nc21. The fraction of sp³-hybridized carbons (Fsp3) is 0.545. The van der Waals surface area contributed by atoms with Gasteiger partial charge in [-0.15, -0.1) is 0 Å². The molecule has 22 heavy (non-hydrogen) atoms. The zero-order valence-electron chi connectivity index (χ0n) is 11.7. The predicted molar refractivity (Wildman–Crippen MR) is 75.2 cm³/mol. The van der Waals surface area contributed by atoms with Gasteiger partial charge in [0.1, 0.15) is 23.3 Å². The summed E-state index contributed by atoms with van der Waals surface area (Å²) in [6.07, 6.45) is -1.85. The van der Waals surface area contributed by atoms with Gasteiger partial charge in [0.15, 0.2) is 17.7 Å². The molecule has 3 rings (SSSR count). The molecule has 3 heterocycles. The average molecular weight is 311 g/mol. The molecule has 0 saturated carbocycles. The van der Waals surface area contributed by atoms with Crippen LogP contribution in [0.15, 0.2) is 6.33 Å². The lowest BCUT2D eigenvalue weighted by Crippen LogP contribution is -2.44. The summed E-state index contributed by atoms with van der Waals surface area (Å²) in [4.78, 5) is 12.1. The minimum absolute atomic E-state index is 0.0728. The third kappa shape index (κ3) is 1.99. The molecular weight excluding hydrogens is 294 g/mol. The lowest BCUT2D eigenvalue weighted by molar-refractivity contribution is -0.0950. The number of nitrogens with one attached hydrogen (secondary N) is 1. The van der Waals surface area contributed by atoms with Gasteiger partial charge in [-0.1, -0.05) is 0 Å². The Bertz CT molecular complexity index is 703. The molecule has 0 bridgehead atoms. The number of nitrogens with two attached hydrogens (primary N) is 2. The molecular formula is C11H17N7O4. The fourth-order valence-corrected chi connectivity index (χ4v) is 2.56. The van der Waals surface area contributed by atoms with Crippen LogP contribution in [0.5, 0.6) is 0 Å². The number of hydrogen-bond donors (Lipinski definition) is 6. The molecule has 1 fully saturated rings. The van der Waals surface area contributed by atoms with Crippen LogP contribution < -0.4 is 17.0 Å². The number of anilines is 2.